The monoisotopic (exact) mass is 448 g/mol. The summed E-state index contributed by atoms with van der Waals surface area (Å²) in [5.41, 5.74) is 2.93. The number of amides is 1. The zero-order valence-corrected chi connectivity index (χ0v) is 19.0. The summed E-state index contributed by atoms with van der Waals surface area (Å²) in [6, 6.07) is 11.8. The SMILES string of the molecule is CCCOc1ccc(C2CC(=O)Nc3c2c(C)nn3-c2ccc(N3CCOCC3)nn2)cc1. The Morgan fingerprint density at radius 1 is 1.09 bits per heavy atom. The number of carbonyl (C=O) groups excluding carboxylic acids is 1. The Morgan fingerprint density at radius 2 is 1.82 bits per heavy atom. The van der Waals surface area contributed by atoms with Crippen LogP contribution in [0.1, 0.15) is 42.5 Å². The molecule has 9 nitrogen and oxygen atoms in total. The summed E-state index contributed by atoms with van der Waals surface area (Å²) in [5.74, 6) is 2.76. The van der Waals surface area contributed by atoms with Gasteiger partial charge in [-0.05, 0) is 43.2 Å². The number of hydrogen-bond donors (Lipinski definition) is 1. The largest absolute Gasteiger partial charge is 0.494 e. The number of benzene rings is 1. The molecule has 1 amide bonds. The highest BCUT2D eigenvalue weighted by Crippen LogP contribution is 2.40. The standard InChI is InChI=1S/C24H28N6O3/c1-3-12-33-18-6-4-17(5-7-18)19-15-22(31)25-24-23(19)16(2)28-30(24)21-9-8-20(26-27-21)29-10-13-32-14-11-29/h4-9,19H,3,10-15H2,1-2H3,(H,25,31). The molecule has 0 aliphatic carbocycles. The summed E-state index contributed by atoms with van der Waals surface area (Å²) < 4.78 is 12.8. The summed E-state index contributed by atoms with van der Waals surface area (Å²) in [7, 11) is 0. The molecule has 1 atom stereocenters. The molecule has 1 aromatic carbocycles. The van der Waals surface area contributed by atoms with Crippen LogP contribution in [0.4, 0.5) is 11.6 Å². The average molecular weight is 449 g/mol. The first-order chi connectivity index (χ1) is 16.1. The molecule has 9 heteroatoms. The van der Waals surface area contributed by atoms with Crippen LogP contribution in [0.3, 0.4) is 0 Å². The Bertz CT molecular complexity index is 1120. The molecule has 1 N–H and O–H groups in total. The number of aryl methyl sites for hydroxylation is 1. The maximum atomic E-state index is 12.6. The molecule has 2 aliphatic heterocycles. The van der Waals surface area contributed by atoms with Gasteiger partial charge in [0.1, 0.15) is 11.6 Å². The lowest BCUT2D eigenvalue weighted by molar-refractivity contribution is -0.116. The molecular weight excluding hydrogens is 420 g/mol. The van der Waals surface area contributed by atoms with E-state index in [0.29, 0.717) is 37.9 Å². The van der Waals surface area contributed by atoms with Crippen LogP contribution in [0.2, 0.25) is 0 Å². The first-order valence-corrected chi connectivity index (χ1v) is 11.4. The number of carbonyl (C=O) groups is 1. The molecule has 2 aliphatic rings. The molecule has 4 heterocycles. The van der Waals surface area contributed by atoms with Crippen molar-refractivity contribution >= 4 is 17.5 Å². The van der Waals surface area contributed by atoms with Gasteiger partial charge in [-0.15, -0.1) is 10.2 Å². The van der Waals surface area contributed by atoms with Crippen molar-refractivity contribution in [2.45, 2.75) is 32.6 Å². The van der Waals surface area contributed by atoms with Gasteiger partial charge >= 0.3 is 0 Å². The Hall–Kier alpha value is -3.46. The fourth-order valence-electron chi connectivity index (χ4n) is 4.41. The molecule has 0 saturated carbocycles. The number of rotatable bonds is 6. The van der Waals surface area contributed by atoms with Crippen LogP contribution in [0.15, 0.2) is 36.4 Å². The van der Waals surface area contributed by atoms with Crippen molar-refractivity contribution < 1.29 is 14.3 Å². The van der Waals surface area contributed by atoms with Crippen molar-refractivity contribution in [3.8, 4) is 11.6 Å². The normalized spacial score (nSPS) is 18.1. The number of nitrogens with zero attached hydrogens (tertiary/aromatic N) is 5. The van der Waals surface area contributed by atoms with Crippen molar-refractivity contribution in [2.24, 2.45) is 0 Å². The zero-order valence-electron chi connectivity index (χ0n) is 19.0. The van der Waals surface area contributed by atoms with Crippen LogP contribution in [-0.2, 0) is 9.53 Å². The van der Waals surface area contributed by atoms with Crippen LogP contribution >= 0.6 is 0 Å². The molecule has 0 radical (unpaired) electrons. The smallest absolute Gasteiger partial charge is 0.226 e. The van der Waals surface area contributed by atoms with Gasteiger partial charge in [0.15, 0.2) is 11.6 Å². The van der Waals surface area contributed by atoms with Gasteiger partial charge in [0.05, 0.1) is 25.5 Å². The number of aromatic nitrogens is 4. The summed E-state index contributed by atoms with van der Waals surface area (Å²) in [6.07, 6.45) is 1.33. The quantitative estimate of drug-likeness (QED) is 0.619. The van der Waals surface area contributed by atoms with Gasteiger partial charge < -0.3 is 19.7 Å². The van der Waals surface area contributed by atoms with Crippen LogP contribution in [0, 0.1) is 6.92 Å². The molecule has 33 heavy (non-hydrogen) atoms. The first kappa shape index (κ1) is 21.4. The van der Waals surface area contributed by atoms with E-state index in [4.69, 9.17) is 14.6 Å². The maximum Gasteiger partial charge on any atom is 0.226 e. The van der Waals surface area contributed by atoms with Crippen LogP contribution in [-0.4, -0.2) is 58.8 Å². The summed E-state index contributed by atoms with van der Waals surface area (Å²) in [4.78, 5) is 14.8. The predicted octanol–water partition coefficient (Wildman–Crippen LogP) is 3.07. The molecule has 172 valence electrons. The topological polar surface area (TPSA) is 94.4 Å². The Labute approximate surface area is 192 Å². The van der Waals surface area contributed by atoms with Crippen molar-refractivity contribution in [1.29, 1.82) is 0 Å². The molecular formula is C24H28N6O3. The van der Waals surface area contributed by atoms with E-state index >= 15 is 0 Å². The van der Waals surface area contributed by atoms with Gasteiger partial charge in [0.2, 0.25) is 5.91 Å². The third kappa shape index (κ3) is 4.28. The molecule has 2 aromatic heterocycles. The van der Waals surface area contributed by atoms with E-state index in [2.05, 4.69) is 27.3 Å². The van der Waals surface area contributed by atoms with E-state index in [1.54, 1.807) is 4.68 Å². The third-order valence-electron chi connectivity index (χ3n) is 6.05. The molecule has 5 rings (SSSR count). The molecule has 1 saturated heterocycles. The van der Waals surface area contributed by atoms with Gasteiger partial charge in [0, 0.05) is 31.0 Å². The lowest BCUT2D eigenvalue weighted by Gasteiger charge is -2.27. The Kier molecular flexibility index (Phi) is 5.95. The zero-order chi connectivity index (χ0) is 22.8. The highest BCUT2D eigenvalue weighted by molar-refractivity contribution is 5.95. The summed E-state index contributed by atoms with van der Waals surface area (Å²) >= 11 is 0. The highest BCUT2D eigenvalue weighted by atomic mass is 16.5. The third-order valence-corrected chi connectivity index (χ3v) is 6.05. The Morgan fingerprint density at radius 3 is 2.52 bits per heavy atom. The van der Waals surface area contributed by atoms with Crippen LogP contribution in [0.5, 0.6) is 5.75 Å². The van der Waals surface area contributed by atoms with Gasteiger partial charge in [-0.1, -0.05) is 19.1 Å². The van der Waals surface area contributed by atoms with E-state index in [0.717, 1.165) is 47.9 Å². The molecule has 0 spiro atoms. The minimum Gasteiger partial charge on any atom is -0.494 e. The first-order valence-electron chi connectivity index (χ1n) is 11.4. The second kappa shape index (κ2) is 9.19. The van der Waals surface area contributed by atoms with Gasteiger partial charge in [0.25, 0.3) is 0 Å². The summed E-state index contributed by atoms with van der Waals surface area (Å²) in [5, 5.41) is 16.5. The van der Waals surface area contributed by atoms with Crippen molar-refractivity contribution in [2.75, 3.05) is 43.1 Å². The van der Waals surface area contributed by atoms with E-state index < -0.39 is 0 Å². The maximum absolute atomic E-state index is 12.6. The molecule has 3 aromatic rings. The van der Waals surface area contributed by atoms with Crippen molar-refractivity contribution in [3.63, 3.8) is 0 Å². The fourth-order valence-corrected chi connectivity index (χ4v) is 4.41. The van der Waals surface area contributed by atoms with Gasteiger partial charge in [-0.3, -0.25) is 4.79 Å². The van der Waals surface area contributed by atoms with Crippen molar-refractivity contribution in [1.82, 2.24) is 20.0 Å². The molecule has 0 bridgehead atoms. The number of morpholine rings is 1. The highest BCUT2D eigenvalue weighted by Gasteiger charge is 2.33. The lowest BCUT2D eigenvalue weighted by atomic mass is 9.86. The van der Waals surface area contributed by atoms with Gasteiger partial charge in [-0.25, -0.2) is 0 Å². The van der Waals surface area contributed by atoms with Gasteiger partial charge in [-0.2, -0.15) is 9.78 Å². The van der Waals surface area contributed by atoms with Crippen LogP contribution < -0.4 is 15.0 Å². The number of fused-ring (bicyclic) bond motifs is 1. The predicted molar refractivity (Wildman–Crippen MR) is 124 cm³/mol. The number of nitrogens with one attached hydrogen (secondary N) is 1. The van der Waals surface area contributed by atoms with Crippen LogP contribution in [0.25, 0.3) is 5.82 Å². The van der Waals surface area contributed by atoms with E-state index in [-0.39, 0.29) is 11.8 Å². The number of hydrogen-bond acceptors (Lipinski definition) is 7. The Balaban J connectivity index is 1.45. The van der Waals surface area contributed by atoms with E-state index in [1.807, 2.05) is 43.3 Å². The minimum atomic E-state index is -0.0803. The minimum absolute atomic E-state index is 0.0437. The molecule has 1 fully saturated rings. The summed E-state index contributed by atoms with van der Waals surface area (Å²) in [6.45, 7) is 7.70. The van der Waals surface area contributed by atoms with Crippen molar-refractivity contribution in [3.05, 3.63) is 53.2 Å². The van der Waals surface area contributed by atoms with E-state index in [1.165, 1.54) is 0 Å². The fraction of sp³-hybridized carbons (Fsp3) is 0.417. The average Bonchev–Trinajstić information content (AvgIpc) is 3.19. The lowest BCUT2D eigenvalue weighted by Crippen LogP contribution is -2.36. The number of ether oxygens (including phenoxy) is 2. The number of anilines is 2. The van der Waals surface area contributed by atoms with E-state index in [9.17, 15) is 4.79 Å². The second-order valence-electron chi connectivity index (χ2n) is 8.33. The second-order valence-corrected chi connectivity index (χ2v) is 8.33. The molecule has 1 unspecified atom stereocenters.